The number of anilines is 1. The van der Waals surface area contributed by atoms with Gasteiger partial charge < -0.3 is 10.6 Å². The summed E-state index contributed by atoms with van der Waals surface area (Å²) < 4.78 is 67.2. The molecule has 0 fully saturated rings. The summed E-state index contributed by atoms with van der Waals surface area (Å²) in [4.78, 5) is 16.7. The average Bonchev–Trinajstić information content (AvgIpc) is 2.67. The number of halogens is 6. The Balaban J connectivity index is 2.05. The molecular formula is C21H15ClF5N3O. The predicted molar refractivity (Wildman–Crippen MR) is 106 cm³/mol. The van der Waals surface area contributed by atoms with Gasteiger partial charge in [-0.25, -0.2) is 13.6 Å². The van der Waals surface area contributed by atoms with Crippen LogP contribution in [0.15, 0.2) is 60.8 Å². The average molecular weight is 456 g/mol. The molecule has 2 amide bonds. The maximum absolute atomic E-state index is 14.1. The highest BCUT2D eigenvalue weighted by molar-refractivity contribution is 6.30. The molecular weight excluding hydrogens is 441 g/mol. The molecule has 162 valence electrons. The number of rotatable bonds is 4. The van der Waals surface area contributed by atoms with E-state index in [1.165, 1.54) is 43.5 Å². The summed E-state index contributed by atoms with van der Waals surface area (Å²) in [6.45, 7) is 1.36. The Bertz CT molecular complexity index is 1100. The van der Waals surface area contributed by atoms with E-state index in [9.17, 15) is 26.7 Å². The van der Waals surface area contributed by atoms with E-state index >= 15 is 0 Å². The number of urea groups is 1. The lowest BCUT2D eigenvalue weighted by molar-refractivity contribution is -0.137. The Kier molecular flexibility index (Phi) is 6.17. The molecule has 2 aromatic carbocycles. The highest BCUT2D eigenvalue weighted by Gasteiger charge is 2.37. The first kappa shape index (κ1) is 22.5. The van der Waals surface area contributed by atoms with Crippen molar-refractivity contribution in [3.05, 3.63) is 94.3 Å². The van der Waals surface area contributed by atoms with Crippen LogP contribution in [-0.4, -0.2) is 11.0 Å². The van der Waals surface area contributed by atoms with Gasteiger partial charge in [0.15, 0.2) is 0 Å². The molecule has 1 atom stereocenters. The third kappa shape index (κ3) is 5.29. The first-order valence-electron chi connectivity index (χ1n) is 8.82. The van der Waals surface area contributed by atoms with Crippen molar-refractivity contribution in [3.8, 4) is 0 Å². The van der Waals surface area contributed by atoms with Crippen LogP contribution in [0.2, 0.25) is 5.02 Å². The van der Waals surface area contributed by atoms with Gasteiger partial charge in [-0.05, 0) is 61.0 Å². The van der Waals surface area contributed by atoms with Crippen LogP contribution in [-0.2, 0) is 11.7 Å². The number of carbonyl (C=O) groups excluding carboxylic acids is 1. The van der Waals surface area contributed by atoms with E-state index in [0.717, 1.165) is 18.2 Å². The Morgan fingerprint density at radius 3 is 2.29 bits per heavy atom. The number of hydrogen-bond donors (Lipinski definition) is 2. The van der Waals surface area contributed by atoms with Gasteiger partial charge in [-0.1, -0.05) is 17.7 Å². The molecule has 0 aliphatic heterocycles. The van der Waals surface area contributed by atoms with E-state index in [0.29, 0.717) is 6.07 Å². The number of carbonyl (C=O) groups is 1. The first-order chi connectivity index (χ1) is 14.5. The minimum absolute atomic E-state index is 0.102. The molecule has 0 aliphatic rings. The second-order valence-corrected chi connectivity index (χ2v) is 7.24. The van der Waals surface area contributed by atoms with Crippen LogP contribution in [0.1, 0.15) is 23.7 Å². The van der Waals surface area contributed by atoms with Gasteiger partial charge in [0.05, 0.1) is 16.3 Å². The molecule has 2 N–H and O–H groups in total. The monoisotopic (exact) mass is 455 g/mol. The number of nitrogens with one attached hydrogen (secondary N) is 2. The molecule has 3 aromatic rings. The van der Waals surface area contributed by atoms with Crippen LogP contribution in [0.4, 0.5) is 32.4 Å². The summed E-state index contributed by atoms with van der Waals surface area (Å²) in [5.41, 5.74) is -2.91. The fourth-order valence-corrected chi connectivity index (χ4v) is 3.07. The quantitative estimate of drug-likeness (QED) is 0.466. The van der Waals surface area contributed by atoms with Crippen molar-refractivity contribution < 1.29 is 26.7 Å². The summed E-state index contributed by atoms with van der Waals surface area (Å²) in [6.07, 6.45) is -3.57. The lowest BCUT2D eigenvalue weighted by Gasteiger charge is -2.31. The molecule has 1 heterocycles. The van der Waals surface area contributed by atoms with Crippen LogP contribution in [0.25, 0.3) is 0 Å². The van der Waals surface area contributed by atoms with Gasteiger partial charge in [0, 0.05) is 11.9 Å². The fourth-order valence-electron chi connectivity index (χ4n) is 2.95. The maximum Gasteiger partial charge on any atom is 0.416 e. The van der Waals surface area contributed by atoms with Gasteiger partial charge in [0.1, 0.15) is 17.2 Å². The summed E-state index contributed by atoms with van der Waals surface area (Å²) in [5.74, 6) is -1.74. The lowest BCUT2D eigenvalue weighted by atomic mass is 9.87. The van der Waals surface area contributed by atoms with Crippen LogP contribution in [0, 0.1) is 11.6 Å². The minimum Gasteiger partial charge on any atom is -0.323 e. The van der Waals surface area contributed by atoms with Gasteiger partial charge in [-0.3, -0.25) is 4.98 Å². The molecule has 31 heavy (non-hydrogen) atoms. The van der Waals surface area contributed by atoms with Crippen molar-refractivity contribution in [2.45, 2.75) is 18.6 Å². The highest BCUT2D eigenvalue weighted by Crippen LogP contribution is 2.35. The van der Waals surface area contributed by atoms with Crippen molar-refractivity contribution in [3.63, 3.8) is 0 Å². The summed E-state index contributed by atoms with van der Waals surface area (Å²) in [7, 11) is 0. The van der Waals surface area contributed by atoms with Crippen LogP contribution >= 0.6 is 11.6 Å². The standard InChI is InChI=1S/C21H15ClF5N3O/c1-20(18-6-5-14(22)11-28-18,12-7-13(21(25,26)27)9-16(24)8-12)30-19(31)29-17-4-2-3-15(23)10-17/h2-11H,1H3,(H2,29,30,31)/t20-/m0/s1. The number of amides is 2. The molecule has 0 saturated carbocycles. The number of nitrogens with zero attached hydrogens (tertiary/aromatic N) is 1. The van der Waals surface area contributed by atoms with Crippen LogP contribution in [0.5, 0.6) is 0 Å². The van der Waals surface area contributed by atoms with E-state index in [1.807, 2.05) is 0 Å². The number of pyridine rings is 1. The normalized spacial score (nSPS) is 13.4. The van der Waals surface area contributed by atoms with Crippen molar-refractivity contribution in [2.75, 3.05) is 5.32 Å². The third-order valence-electron chi connectivity index (χ3n) is 4.49. The Hall–Kier alpha value is -3.20. The molecule has 3 rings (SSSR count). The SMILES string of the molecule is C[C@](NC(=O)Nc1cccc(F)c1)(c1cc(F)cc(C(F)(F)F)c1)c1ccc(Cl)cn1. The number of benzene rings is 2. The highest BCUT2D eigenvalue weighted by atomic mass is 35.5. The molecule has 0 unspecified atom stereocenters. The second kappa shape index (κ2) is 8.50. The maximum atomic E-state index is 14.1. The Morgan fingerprint density at radius 1 is 0.968 bits per heavy atom. The van der Waals surface area contributed by atoms with Gasteiger partial charge in [-0.2, -0.15) is 13.2 Å². The molecule has 0 spiro atoms. The zero-order chi connectivity index (χ0) is 22.8. The van der Waals surface area contributed by atoms with Crippen molar-refractivity contribution in [1.29, 1.82) is 0 Å². The summed E-state index contributed by atoms with van der Waals surface area (Å²) in [6, 6.07) is 8.92. The Labute approximate surface area is 179 Å². The van der Waals surface area contributed by atoms with E-state index < -0.39 is 34.9 Å². The van der Waals surface area contributed by atoms with Gasteiger partial charge in [0.25, 0.3) is 0 Å². The second-order valence-electron chi connectivity index (χ2n) is 6.80. The summed E-state index contributed by atoms with van der Waals surface area (Å²) in [5, 5.41) is 5.15. The van der Waals surface area contributed by atoms with E-state index in [2.05, 4.69) is 15.6 Å². The number of aromatic nitrogens is 1. The van der Waals surface area contributed by atoms with Crippen molar-refractivity contribution >= 4 is 23.3 Å². The molecule has 4 nitrogen and oxygen atoms in total. The van der Waals surface area contributed by atoms with E-state index in [4.69, 9.17) is 11.6 Å². The smallest absolute Gasteiger partial charge is 0.323 e. The molecule has 1 aromatic heterocycles. The summed E-state index contributed by atoms with van der Waals surface area (Å²) >= 11 is 5.84. The third-order valence-corrected chi connectivity index (χ3v) is 4.71. The Morgan fingerprint density at radius 2 is 1.68 bits per heavy atom. The largest absolute Gasteiger partial charge is 0.416 e. The number of hydrogen-bond acceptors (Lipinski definition) is 2. The van der Waals surface area contributed by atoms with Crippen LogP contribution in [0.3, 0.4) is 0 Å². The van der Waals surface area contributed by atoms with Crippen LogP contribution < -0.4 is 10.6 Å². The minimum atomic E-state index is -4.81. The molecule has 0 aliphatic carbocycles. The predicted octanol–water partition coefficient (Wildman–Crippen LogP) is 6.12. The number of alkyl halides is 3. The van der Waals surface area contributed by atoms with Gasteiger partial charge in [0.2, 0.25) is 0 Å². The van der Waals surface area contributed by atoms with Gasteiger partial charge in [-0.15, -0.1) is 0 Å². The van der Waals surface area contributed by atoms with Gasteiger partial charge >= 0.3 is 12.2 Å². The van der Waals surface area contributed by atoms with E-state index in [1.54, 1.807) is 0 Å². The molecule has 10 heteroatoms. The fraction of sp³-hybridized carbons (Fsp3) is 0.143. The zero-order valence-electron chi connectivity index (χ0n) is 15.9. The molecule has 0 radical (unpaired) electrons. The zero-order valence-corrected chi connectivity index (χ0v) is 16.7. The first-order valence-corrected chi connectivity index (χ1v) is 9.20. The topological polar surface area (TPSA) is 54.0 Å². The molecule has 0 bridgehead atoms. The van der Waals surface area contributed by atoms with Crippen molar-refractivity contribution in [2.24, 2.45) is 0 Å². The lowest BCUT2D eigenvalue weighted by Crippen LogP contribution is -2.47. The molecule has 0 saturated heterocycles. The van der Waals surface area contributed by atoms with E-state index in [-0.39, 0.29) is 22.0 Å². The van der Waals surface area contributed by atoms with Crippen molar-refractivity contribution in [1.82, 2.24) is 10.3 Å².